The van der Waals surface area contributed by atoms with Crippen molar-refractivity contribution < 1.29 is 24.5 Å². The van der Waals surface area contributed by atoms with E-state index < -0.39 is 18.0 Å². The summed E-state index contributed by atoms with van der Waals surface area (Å²) in [6, 6.07) is 5.35. The maximum Gasteiger partial charge on any atom is 0.338 e. The van der Waals surface area contributed by atoms with Crippen molar-refractivity contribution in [3.63, 3.8) is 0 Å². The van der Waals surface area contributed by atoms with Gasteiger partial charge in [-0.2, -0.15) is 0 Å². The van der Waals surface area contributed by atoms with Crippen LogP contribution in [0.3, 0.4) is 0 Å². The Kier molecular flexibility index (Phi) is 5.29. The quantitative estimate of drug-likeness (QED) is 0.605. The largest absolute Gasteiger partial charge is 0.480 e. The summed E-state index contributed by atoms with van der Waals surface area (Å²) in [5.74, 6) is -1.60. The third-order valence-corrected chi connectivity index (χ3v) is 2.29. The average Bonchev–Trinajstić information content (AvgIpc) is 2.36. The number of hydrogen-bond donors (Lipinski definition) is 3. The Labute approximate surface area is 104 Å². The molecule has 1 aromatic carbocycles. The topological polar surface area (TPSA) is 110 Å². The molecule has 0 radical (unpaired) electrons. The van der Waals surface area contributed by atoms with E-state index in [1.165, 1.54) is 12.1 Å². The highest BCUT2D eigenvalue weighted by Gasteiger charge is 2.12. The molecule has 6 heteroatoms. The molecule has 0 saturated carbocycles. The fourth-order valence-electron chi connectivity index (χ4n) is 1.34. The number of carboxylic acids is 1. The minimum absolute atomic E-state index is 0.0511. The van der Waals surface area contributed by atoms with Gasteiger partial charge in [0.25, 0.3) is 0 Å². The van der Waals surface area contributed by atoms with Crippen molar-refractivity contribution in [1.29, 1.82) is 0 Å². The van der Waals surface area contributed by atoms with Crippen LogP contribution in [0.25, 0.3) is 0 Å². The van der Waals surface area contributed by atoms with E-state index >= 15 is 0 Å². The van der Waals surface area contributed by atoms with Crippen molar-refractivity contribution in [2.24, 2.45) is 5.73 Å². The molecule has 18 heavy (non-hydrogen) atoms. The molecule has 0 bridgehead atoms. The molecule has 1 aromatic rings. The fraction of sp³-hybridized carbons (Fsp3) is 0.333. The lowest BCUT2D eigenvalue weighted by Gasteiger charge is -2.07. The molecule has 0 unspecified atom stereocenters. The molecule has 4 N–H and O–H groups in total. The standard InChI is InChI=1S/C12H15NO5/c13-10(11(15)16)7-8-1-3-9(4-2-8)12(17)18-6-5-14/h1-4,10,14H,5-7,13H2,(H,15,16)/t10-/m0/s1. The first-order valence-corrected chi connectivity index (χ1v) is 5.40. The maximum absolute atomic E-state index is 11.4. The number of aliphatic hydroxyl groups excluding tert-OH is 1. The molecule has 0 aromatic heterocycles. The molecule has 0 heterocycles. The summed E-state index contributed by atoms with van der Waals surface area (Å²) in [7, 11) is 0. The van der Waals surface area contributed by atoms with Gasteiger partial charge in [-0.3, -0.25) is 4.79 Å². The minimum Gasteiger partial charge on any atom is -0.480 e. The van der Waals surface area contributed by atoms with Crippen molar-refractivity contribution in [2.75, 3.05) is 13.2 Å². The van der Waals surface area contributed by atoms with Gasteiger partial charge in [0, 0.05) is 0 Å². The maximum atomic E-state index is 11.4. The lowest BCUT2D eigenvalue weighted by Crippen LogP contribution is -2.32. The van der Waals surface area contributed by atoms with Crippen molar-refractivity contribution in [2.45, 2.75) is 12.5 Å². The number of ether oxygens (including phenoxy) is 1. The van der Waals surface area contributed by atoms with Crippen LogP contribution in [0.15, 0.2) is 24.3 Å². The first-order chi connectivity index (χ1) is 8.54. The molecule has 0 aliphatic rings. The number of carboxylic acid groups (broad SMARTS) is 1. The van der Waals surface area contributed by atoms with Crippen LogP contribution in [0.1, 0.15) is 15.9 Å². The van der Waals surface area contributed by atoms with E-state index in [0.29, 0.717) is 5.56 Å². The van der Waals surface area contributed by atoms with Gasteiger partial charge in [-0.25, -0.2) is 4.79 Å². The summed E-state index contributed by atoms with van der Waals surface area (Å²) in [6.07, 6.45) is 0.196. The highest BCUT2D eigenvalue weighted by Crippen LogP contribution is 2.08. The normalized spacial score (nSPS) is 11.9. The van der Waals surface area contributed by atoms with Crippen molar-refractivity contribution in [1.82, 2.24) is 0 Å². The van der Waals surface area contributed by atoms with Crippen LogP contribution in [0.2, 0.25) is 0 Å². The van der Waals surface area contributed by atoms with Gasteiger partial charge in [-0.15, -0.1) is 0 Å². The third-order valence-electron chi connectivity index (χ3n) is 2.29. The van der Waals surface area contributed by atoms with Gasteiger partial charge >= 0.3 is 11.9 Å². The van der Waals surface area contributed by atoms with Crippen LogP contribution in [0, 0.1) is 0 Å². The van der Waals surface area contributed by atoms with E-state index in [2.05, 4.69) is 0 Å². The van der Waals surface area contributed by atoms with Crippen molar-refractivity contribution in [3.8, 4) is 0 Å². The van der Waals surface area contributed by atoms with Gasteiger partial charge in [-0.1, -0.05) is 12.1 Å². The number of benzene rings is 1. The SMILES string of the molecule is N[C@@H](Cc1ccc(C(=O)OCCO)cc1)C(=O)O. The van der Waals surface area contributed by atoms with Gasteiger partial charge in [0.05, 0.1) is 12.2 Å². The molecule has 98 valence electrons. The molecule has 0 amide bonds. The molecule has 0 fully saturated rings. The third kappa shape index (κ3) is 4.15. The zero-order chi connectivity index (χ0) is 13.5. The predicted octanol–water partition coefficient (Wildman–Crippen LogP) is -0.210. The zero-order valence-electron chi connectivity index (χ0n) is 9.70. The summed E-state index contributed by atoms with van der Waals surface area (Å²) in [6.45, 7) is -0.276. The summed E-state index contributed by atoms with van der Waals surface area (Å²) in [5, 5.41) is 17.2. The second-order valence-corrected chi connectivity index (χ2v) is 3.71. The Morgan fingerprint density at radius 2 is 1.89 bits per heavy atom. The van der Waals surface area contributed by atoms with E-state index in [1.54, 1.807) is 12.1 Å². The number of esters is 1. The van der Waals surface area contributed by atoms with Gasteiger partial charge in [0.2, 0.25) is 0 Å². The average molecular weight is 253 g/mol. The summed E-state index contributed by atoms with van der Waals surface area (Å²) >= 11 is 0. The Morgan fingerprint density at radius 1 is 1.28 bits per heavy atom. The van der Waals surface area contributed by atoms with E-state index in [0.717, 1.165) is 5.56 Å². The van der Waals surface area contributed by atoms with Crippen LogP contribution in [-0.2, 0) is 16.0 Å². The van der Waals surface area contributed by atoms with Crippen LogP contribution < -0.4 is 5.73 Å². The predicted molar refractivity (Wildman–Crippen MR) is 63.1 cm³/mol. The van der Waals surface area contributed by atoms with E-state index in [9.17, 15) is 9.59 Å². The first-order valence-electron chi connectivity index (χ1n) is 5.40. The smallest absolute Gasteiger partial charge is 0.338 e. The zero-order valence-corrected chi connectivity index (χ0v) is 9.70. The van der Waals surface area contributed by atoms with Crippen LogP contribution in [0.5, 0.6) is 0 Å². The molecule has 0 saturated heterocycles. The number of aliphatic hydroxyl groups is 1. The van der Waals surface area contributed by atoms with E-state index in [-0.39, 0.29) is 19.6 Å². The molecule has 0 aliphatic carbocycles. The van der Waals surface area contributed by atoms with E-state index in [4.69, 9.17) is 20.7 Å². The Morgan fingerprint density at radius 3 is 2.39 bits per heavy atom. The monoisotopic (exact) mass is 253 g/mol. The highest BCUT2D eigenvalue weighted by molar-refractivity contribution is 5.89. The van der Waals surface area contributed by atoms with Crippen molar-refractivity contribution >= 4 is 11.9 Å². The second-order valence-electron chi connectivity index (χ2n) is 3.71. The van der Waals surface area contributed by atoms with Gasteiger partial charge < -0.3 is 20.7 Å². The van der Waals surface area contributed by atoms with Crippen LogP contribution in [0.4, 0.5) is 0 Å². The summed E-state index contributed by atoms with van der Waals surface area (Å²) in [5.41, 5.74) is 6.46. The number of rotatable bonds is 6. The molecule has 1 atom stereocenters. The first kappa shape index (κ1) is 14.1. The summed E-state index contributed by atoms with van der Waals surface area (Å²) < 4.78 is 4.73. The van der Waals surface area contributed by atoms with Gasteiger partial charge in [0.15, 0.2) is 0 Å². The number of nitrogens with two attached hydrogens (primary N) is 1. The number of carbonyl (C=O) groups excluding carboxylic acids is 1. The number of hydrogen-bond acceptors (Lipinski definition) is 5. The Hall–Kier alpha value is -1.92. The Balaban J connectivity index is 2.62. The van der Waals surface area contributed by atoms with Gasteiger partial charge in [0.1, 0.15) is 12.6 Å². The number of carbonyl (C=O) groups is 2. The van der Waals surface area contributed by atoms with Crippen LogP contribution in [-0.4, -0.2) is 41.4 Å². The molecular weight excluding hydrogens is 238 g/mol. The second kappa shape index (κ2) is 6.73. The highest BCUT2D eigenvalue weighted by atomic mass is 16.5. The molecule has 0 spiro atoms. The molecule has 6 nitrogen and oxygen atoms in total. The minimum atomic E-state index is -1.07. The molecular formula is C12H15NO5. The fourth-order valence-corrected chi connectivity index (χ4v) is 1.34. The van der Waals surface area contributed by atoms with Crippen molar-refractivity contribution in [3.05, 3.63) is 35.4 Å². The molecule has 1 rings (SSSR count). The Bertz CT molecular complexity index is 415. The lowest BCUT2D eigenvalue weighted by atomic mass is 10.0. The molecule has 0 aliphatic heterocycles. The van der Waals surface area contributed by atoms with E-state index in [1.807, 2.05) is 0 Å². The van der Waals surface area contributed by atoms with Gasteiger partial charge in [-0.05, 0) is 24.1 Å². The number of aliphatic carboxylic acids is 1. The lowest BCUT2D eigenvalue weighted by molar-refractivity contribution is -0.138. The van der Waals surface area contributed by atoms with Crippen LogP contribution >= 0.6 is 0 Å². The summed E-state index contributed by atoms with van der Waals surface area (Å²) in [4.78, 5) is 22.0.